The molecule has 1 aliphatic rings. The monoisotopic (exact) mass is 167 g/mol. The maximum absolute atomic E-state index is 4.17. The van der Waals surface area contributed by atoms with E-state index in [1.54, 1.807) is 0 Å². The van der Waals surface area contributed by atoms with Gasteiger partial charge in [0.05, 0.1) is 5.70 Å². The standard InChI is InChI=1S/C9H17N3/c1-6(2)8-9(7(3)4)12-11-5-10-8/h6-7,10H,5H2,1-4H3. The summed E-state index contributed by atoms with van der Waals surface area (Å²) in [5.74, 6) is 0.973. The highest BCUT2D eigenvalue weighted by Gasteiger charge is 2.15. The molecular weight excluding hydrogens is 150 g/mol. The molecule has 0 amide bonds. The van der Waals surface area contributed by atoms with Gasteiger partial charge in [-0.15, -0.1) is 0 Å². The van der Waals surface area contributed by atoms with E-state index in [0.29, 0.717) is 18.5 Å². The lowest BCUT2D eigenvalue weighted by molar-refractivity contribution is 0.568. The van der Waals surface area contributed by atoms with Gasteiger partial charge in [-0.3, -0.25) is 0 Å². The van der Waals surface area contributed by atoms with Crippen LogP contribution in [0.1, 0.15) is 27.7 Å². The number of nitrogens with zero attached hydrogens (tertiary/aromatic N) is 2. The van der Waals surface area contributed by atoms with Crippen LogP contribution in [0.3, 0.4) is 0 Å². The van der Waals surface area contributed by atoms with Gasteiger partial charge in [0, 0.05) is 5.70 Å². The van der Waals surface area contributed by atoms with Crippen LogP contribution >= 0.6 is 0 Å². The fourth-order valence-electron chi connectivity index (χ4n) is 1.30. The quantitative estimate of drug-likeness (QED) is 0.674. The third-order valence-electron chi connectivity index (χ3n) is 1.92. The zero-order valence-corrected chi connectivity index (χ0v) is 8.26. The first-order valence-corrected chi connectivity index (χ1v) is 4.48. The second-order valence-corrected chi connectivity index (χ2v) is 3.68. The average molecular weight is 167 g/mol. The van der Waals surface area contributed by atoms with Crippen molar-refractivity contribution in [1.82, 2.24) is 5.32 Å². The van der Waals surface area contributed by atoms with E-state index in [4.69, 9.17) is 0 Å². The summed E-state index contributed by atoms with van der Waals surface area (Å²) < 4.78 is 0. The van der Waals surface area contributed by atoms with Gasteiger partial charge in [-0.05, 0) is 11.8 Å². The normalized spacial score (nSPS) is 17.5. The number of allylic oxidation sites excluding steroid dienone is 2. The number of azo groups is 1. The fourth-order valence-corrected chi connectivity index (χ4v) is 1.30. The second-order valence-electron chi connectivity index (χ2n) is 3.68. The van der Waals surface area contributed by atoms with Crippen LogP contribution in [0.4, 0.5) is 0 Å². The zero-order valence-electron chi connectivity index (χ0n) is 8.26. The Hall–Kier alpha value is -0.860. The number of hydrogen-bond acceptors (Lipinski definition) is 3. The predicted molar refractivity (Wildman–Crippen MR) is 49.6 cm³/mol. The average Bonchev–Trinajstić information content (AvgIpc) is 2.04. The maximum Gasteiger partial charge on any atom is 0.129 e. The van der Waals surface area contributed by atoms with Crippen LogP contribution in [0.2, 0.25) is 0 Å². The van der Waals surface area contributed by atoms with Crippen LogP contribution in [0.15, 0.2) is 21.6 Å². The molecule has 0 unspecified atom stereocenters. The summed E-state index contributed by atoms with van der Waals surface area (Å²) in [6, 6.07) is 0. The summed E-state index contributed by atoms with van der Waals surface area (Å²) in [7, 11) is 0. The molecule has 0 saturated carbocycles. The van der Waals surface area contributed by atoms with E-state index < -0.39 is 0 Å². The number of nitrogens with one attached hydrogen (secondary N) is 1. The topological polar surface area (TPSA) is 36.8 Å². The lowest BCUT2D eigenvalue weighted by Gasteiger charge is -2.21. The zero-order chi connectivity index (χ0) is 9.14. The van der Waals surface area contributed by atoms with E-state index >= 15 is 0 Å². The molecule has 0 spiro atoms. The minimum Gasteiger partial charge on any atom is -0.366 e. The first-order valence-electron chi connectivity index (χ1n) is 4.48. The minimum atomic E-state index is 0.457. The molecule has 0 bridgehead atoms. The highest BCUT2D eigenvalue weighted by Crippen LogP contribution is 2.22. The van der Waals surface area contributed by atoms with E-state index in [9.17, 15) is 0 Å². The molecule has 1 aliphatic heterocycles. The summed E-state index contributed by atoms with van der Waals surface area (Å²) in [4.78, 5) is 0. The molecule has 0 fully saturated rings. The third-order valence-corrected chi connectivity index (χ3v) is 1.92. The van der Waals surface area contributed by atoms with Gasteiger partial charge in [0.1, 0.15) is 6.67 Å². The minimum absolute atomic E-state index is 0.457. The van der Waals surface area contributed by atoms with Gasteiger partial charge in [-0.1, -0.05) is 27.7 Å². The Morgan fingerprint density at radius 3 is 2.25 bits per heavy atom. The van der Waals surface area contributed by atoms with Crippen LogP contribution < -0.4 is 5.32 Å². The van der Waals surface area contributed by atoms with Crippen molar-refractivity contribution < 1.29 is 0 Å². The van der Waals surface area contributed by atoms with Gasteiger partial charge in [0.2, 0.25) is 0 Å². The second kappa shape index (κ2) is 3.70. The Bertz CT molecular complexity index is 214. The van der Waals surface area contributed by atoms with Crippen LogP contribution in [-0.2, 0) is 0 Å². The number of hydrogen-bond donors (Lipinski definition) is 1. The Morgan fingerprint density at radius 1 is 1.17 bits per heavy atom. The smallest absolute Gasteiger partial charge is 0.129 e. The molecule has 3 nitrogen and oxygen atoms in total. The summed E-state index contributed by atoms with van der Waals surface area (Å²) in [6.45, 7) is 9.26. The Balaban J connectivity index is 2.92. The Labute approximate surface area is 74.0 Å². The first kappa shape index (κ1) is 9.23. The van der Waals surface area contributed by atoms with Crippen molar-refractivity contribution >= 4 is 0 Å². The molecule has 0 atom stereocenters. The van der Waals surface area contributed by atoms with Crippen molar-refractivity contribution in [3.8, 4) is 0 Å². The first-order chi connectivity index (χ1) is 5.63. The van der Waals surface area contributed by atoms with E-state index in [2.05, 4.69) is 43.2 Å². The molecule has 0 saturated heterocycles. The summed E-state index contributed by atoms with van der Waals surface area (Å²) in [5, 5.41) is 11.4. The fraction of sp³-hybridized carbons (Fsp3) is 0.778. The Kier molecular flexibility index (Phi) is 2.84. The SMILES string of the molecule is CC(C)C1=C(C(C)C)NCN=N1. The maximum atomic E-state index is 4.17. The largest absolute Gasteiger partial charge is 0.366 e. The van der Waals surface area contributed by atoms with Gasteiger partial charge in [-0.2, -0.15) is 10.2 Å². The van der Waals surface area contributed by atoms with Crippen LogP contribution in [0.5, 0.6) is 0 Å². The third kappa shape index (κ3) is 1.84. The van der Waals surface area contributed by atoms with Gasteiger partial charge in [0.15, 0.2) is 0 Å². The van der Waals surface area contributed by atoms with Crippen molar-refractivity contribution in [2.45, 2.75) is 27.7 Å². The molecule has 0 aromatic heterocycles. The van der Waals surface area contributed by atoms with Crippen molar-refractivity contribution in [3.05, 3.63) is 11.4 Å². The molecule has 0 aromatic carbocycles. The van der Waals surface area contributed by atoms with E-state index in [-0.39, 0.29) is 0 Å². The molecule has 0 aliphatic carbocycles. The molecule has 0 aromatic rings. The molecule has 12 heavy (non-hydrogen) atoms. The van der Waals surface area contributed by atoms with Gasteiger partial charge >= 0.3 is 0 Å². The van der Waals surface area contributed by atoms with E-state index in [1.165, 1.54) is 5.70 Å². The Morgan fingerprint density at radius 2 is 1.83 bits per heavy atom. The molecule has 1 rings (SSSR count). The molecule has 0 radical (unpaired) electrons. The van der Waals surface area contributed by atoms with Crippen molar-refractivity contribution in [2.75, 3.05) is 6.67 Å². The highest BCUT2D eigenvalue weighted by atomic mass is 15.2. The van der Waals surface area contributed by atoms with E-state index in [1.807, 2.05) is 0 Å². The van der Waals surface area contributed by atoms with E-state index in [0.717, 1.165) is 5.70 Å². The molecule has 1 N–H and O–H groups in total. The summed E-state index contributed by atoms with van der Waals surface area (Å²) >= 11 is 0. The van der Waals surface area contributed by atoms with Gasteiger partial charge in [-0.25, -0.2) is 0 Å². The molecular formula is C9H17N3. The van der Waals surface area contributed by atoms with Gasteiger partial charge in [0.25, 0.3) is 0 Å². The lowest BCUT2D eigenvalue weighted by atomic mass is 10.0. The van der Waals surface area contributed by atoms with Crippen LogP contribution in [-0.4, -0.2) is 6.67 Å². The van der Waals surface area contributed by atoms with Crippen molar-refractivity contribution in [1.29, 1.82) is 0 Å². The molecule has 1 heterocycles. The predicted octanol–water partition coefficient (Wildman–Crippen LogP) is 2.52. The van der Waals surface area contributed by atoms with Crippen LogP contribution in [0.25, 0.3) is 0 Å². The molecule has 3 heteroatoms. The highest BCUT2D eigenvalue weighted by molar-refractivity contribution is 5.16. The van der Waals surface area contributed by atoms with Crippen LogP contribution in [0, 0.1) is 11.8 Å². The summed E-state index contributed by atoms with van der Waals surface area (Å²) in [6.07, 6.45) is 0. The van der Waals surface area contributed by atoms with Gasteiger partial charge < -0.3 is 5.32 Å². The molecule has 68 valence electrons. The summed E-state index contributed by atoms with van der Waals surface area (Å²) in [5.41, 5.74) is 2.36. The van der Waals surface area contributed by atoms with Crippen molar-refractivity contribution in [3.63, 3.8) is 0 Å². The number of rotatable bonds is 2. The lowest BCUT2D eigenvalue weighted by Crippen LogP contribution is -2.23. The van der Waals surface area contributed by atoms with Crippen molar-refractivity contribution in [2.24, 2.45) is 22.1 Å².